The van der Waals surface area contributed by atoms with Crippen molar-refractivity contribution >= 4 is 18.6 Å². The Morgan fingerprint density at radius 3 is 2.62 bits per heavy atom. The summed E-state index contributed by atoms with van der Waals surface area (Å²) in [6.07, 6.45) is 0.795. The second-order valence-corrected chi connectivity index (χ2v) is 2.28. The van der Waals surface area contributed by atoms with Crippen molar-refractivity contribution < 1.29 is 24.3 Å². The lowest BCUT2D eigenvalue weighted by Gasteiger charge is -2.01. The van der Waals surface area contributed by atoms with Crippen LogP contribution < -0.4 is 5.46 Å². The Kier molecular flexibility index (Phi) is 2.59. The molecule has 68 valence electrons. The Morgan fingerprint density at radius 1 is 1.54 bits per heavy atom. The van der Waals surface area contributed by atoms with Crippen molar-refractivity contribution in [3.05, 3.63) is 23.8 Å². The normalized spacial score (nSPS) is 9.77. The van der Waals surface area contributed by atoms with Crippen molar-refractivity contribution in [2.24, 2.45) is 0 Å². The van der Waals surface area contributed by atoms with Crippen molar-refractivity contribution in [3.8, 4) is 0 Å². The maximum Gasteiger partial charge on any atom is 0.493 e. The molecule has 1 aromatic heterocycles. The van der Waals surface area contributed by atoms with Gasteiger partial charge in [0.1, 0.15) is 0 Å². The summed E-state index contributed by atoms with van der Waals surface area (Å²) in [7, 11) is -2.06. The third kappa shape index (κ3) is 2.01. The van der Waals surface area contributed by atoms with Gasteiger partial charge in [0.15, 0.2) is 0 Å². The van der Waals surface area contributed by atoms with Gasteiger partial charge in [-0.1, -0.05) is 0 Å². The van der Waals surface area contributed by atoms with Crippen LogP contribution in [0.1, 0.15) is 10.4 Å². The summed E-state index contributed by atoms with van der Waals surface area (Å²) in [5.41, 5.74) is -0.857. The minimum Gasteiger partial charge on any atom is -0.478 e. The molecular formula is C6H5BFNO4. The SMILES string of the molecule is O=C(O)c1cnc(F)c(B(O)O)c1. The summed E-state index contributed by atoms with van der Waals surface area (Å²) < 4.78 is 12.7. The molecule has 7 heteroatoms. The van der Waals surface area contributed by atoms with E-state index in [1.807, 2.05) is 0 Å². The lowest BCUT2D eigenvalue weighted by atomic mass is 9.80. The van der Waals surface area contributed by atoms with Crippen molar-refractivity contribution in [2.75, 3.05) is 0 Å². The van der Waals surface area contributed by atoms with E-state index in [4.69, 9.17) is 15.2 Å². The highest BCUT2D eigenvalue weighted by atomic mass is 19.1. The molecule has 1 aromatic rings. The van der Waals surface area contributed by atoms with Crippen LogP contribution >= 0.6 is 0 Å². The van der Waals surface area contributed by atoms with E-state index < -0.39 is 24.5 Å². The quantitative estimate of drug-likeness (QED) is 0.389. The zero-order chi connectivity index (χ0) is 10.0. The van der Waals surface area contributed by atoms with Crippen LogP contribution in [0.2, 0.25) is 0 Å². The Hall–Kier alpha value is -1.47. The van der Waals surface area contributed by atoms with E-state index in [0.29, 0.717) is 0 Å². The molecule has 0 aliphatic rings. The molecule has 5 nitrogen and oxygen atoms in total. The summed E-state index contributed by atoms with van der Waals surface area (Å²) in [6.45, 7) is 0. The van der Waals surface area contributed by atoms with Crippen molar-refractivity contribution in [3.63, 3.8) is 0 Å². The van der Waals surface area contributed by atoms with Crippen LogP contribution in [0.4, 0.5) is 4.39 Å². The molecule has 0 saturated heterocycles. The van der Waals surface area contributed by atoms with Crippen LogP contribution in [0.15, 0.2) is 12.3 Å². The van der Waals surface area contributed by atoms with Gasteiger partial charge in [0.25, 0.3) is 0 Å². The van der Waals surface area contributed by atoms with Crippen molar-refractivity contribution in [1.82, 2.24) is 4.98 Å². The number of halogens is 1. The second-order valence-electron chi connectivity index (χ2n) is 2.28. The van der Waals surface area contributed by atoms with E-state index in [-0.39, 0.29) is 5.56 Å². The summed E-state index contributed by atoms with van der Waals surface area (Å²) in [5, 5.41) is 25.6. The van der Waals surface area contributed by atoms with Crippen LogP contribution in [0.5, 0.6) is 0 Å². The number of carboxylic acids is 1. The topological polar surface area (TPSA) is 90.7 Å². The van der Waals surface area contributed by atoms with Crippen molar-refractivity contribution in [2.45, 2.75) is 0 Å². The predicted octanol–water partition coefficient (Wildman–Crippen LogP) is -1.40. The first-order valence-electron chi connectivity index (χ1n) is 3.27. The summed E-state index contributed by atoms with van der Waals surface area (Å²) >= 11 is 0. The smallest absolute Gasteiger partial charge is 0.478 e. The van der Waals surface area contributed by atoms with Gasteiger partial charge in [0.2, 0.25) is 5.95 Å². The number of aromatic nitrogens is 1. The first-order valence-corrected chi connectivity index (χ1v) is 3.27. The zero-order valence-corrected chi connectivity index (χ0v) is 6.31. The van der Waals surface area contributed by atoms with Crippen LogP contribution in [0.25, 0.3) is 0 Å². The maximum atomic E-state index is 12.7. The number of hydrogen-bond acceptors (Lipinski definition) is 4. The molecular weight excluding hydrogens is 180 g/mol. The highest BCUT2D eigenvalue weighted by molar-refractivity contribution is 6.58. The number of hydrogen-bond donors (Lipinski definition) is 3. The molecule has 0 fully saturated rings. The minimum atomic E-state index is -2.06. The summed E-state index contributed by atoms with van der Waals surface area (Å²) in [5.74, 6) is -2.41. The highest BCUT2D eigenvalue weighted by Gasteiger charge is 2.19. The van der Waals surface area contributed by atoms with E-state index in [9.17, 15) is 9.18 Å². The molecule has 0 aliphatic carbocycles. The largest absolute Gasteiger partial charge is 0.493 e. The number of carbonyl (C=O) groups is 1. The molecule has 3 N–H and O–H groups in total. The molecule has 0 spiro atoms. The lowest BCUT2D eigenvalue weighted by molar-refractivity contribution is 0.0696. The van der Waals surface area contributed by atoms with Gasteiger partial charge >= 0.3 is 13.1 Å². The van der Waals surface area contributed by atoms with Gasteiger partial charge in [-0.05, 0) is 6.07 Å². The molecule has 0 amide bonds. The molecule has 0 aromatic carbocycles. The van der Waals surface area contributed by atoms with E-state index in [2.05, 4.69) is 4.98 Å². The standard InChI is InChI=1S/C6H5BFNO4/c8-5-4(7(12)13)1-3(2-9-5)6(10)11/h1-2,12-13H,(H,10,11). The molecule has 13 heavy (non-hydrogen) atoms. The van der Waals surface area contributed by atoms with Gasteiger partial charge < -0.3 is 15.2 Å². The van der Waals surface area contributed by atoms with Gasteiger partial charge in [-0.15, -0.1) is 0 Å². The van der Waals surface area contributed by atoms with Crippen LogP contribution in [0, 0.1) is 5.95 Å². The van der Waals surface area contributed by atoms with Gasteiger partial charge in [0.05, 0.1) is 5.56 Å². The van der Waals surface area contributed by atoms with Crippen LogP contribution in [0.3, 0.4) is 0 Å². The summed E-state index contributed by atoms with van der Waals surface area (Å²) in [6, 6.07) is 0.815. The fraction of sp³-hybridized carbons (Fsp3) is 0. The molecule has 0 atom stereocenters. The van der Waals surface area contributed by atoms with Gasteiger partial charge in [0, 0.05) is 11.7 Å². The molecule has 0 unspecified atom stereocenters. The van der Waals surface area contributed by atoms with Gasteiger partial charge in [-0.3, -0.25) is 0 Å². The molecule has 0 radical (unpaired) electrons. The Balaban J connectivity index is 3.19. The molecule has 1 rings (SSSR count). The lowest BCUT2D eigenvalue weighted by Crippen LogP contribution is -2.34. The van der Waals surface area contributed by atoms with Crippen molar-refractivity contribution in [1.29, 1.82) is 0 Å². The van der Waals surface area contributed by atoms with E-state index >= 15 is 0 Å². The molecule has 0 saturated carbocycles. The predicted molar refractivity (Wildman–Crippen MR) is 41.0 cm³/mol. The third-order valence-electron chi connectivity index (χ3n) is 1.39. The highest BCUT2D eigenvalue weighted by Crippen LogP contribution is 1.97. The average molecular weight is 185 g/mol. The second kappa shape index (κ2) is 3.50. The third-order valence-corrected chi connectivity index (χ3v) is 1.39. The van der Waals surface area contributed by atoms with E-state index in [1.165, 1.54) is 0 Å². The van der Waals surface area contributed by atoms with Gasteiger partial charge in [-0.25, -0.2) is 9.78 Å². The van der Waals surface area contributed by atoms with Crippen LogP contribution in [-0.2, 0) is 0 Å². The first kappa shape index (κ1) is 9.62. The number of rotatable bonds is 2. The molecule has 1 heterocycles. The fourth-order valence-corrected chi connectivity index (χ4v) is 0.763. The number of aromatic carboxylic acids is 1. The minimum absolute atomic E-state index is 0.301. The number of nitrogens with zero attached hydrogens (tertiary/aromatic N) is 1. The molecule has 0 aliphatic heterocycles. The Morgan fingerprint density at radius 2 is 2.15 bits per heavy atom. The Bertz CT molecular complexity index is 343. The zero-order valence-electron chi connectivity index (χ0n) is 6.31. The fourth-order valence-electron chi connectivity index (χ4n) is 0.763. The monoisotopic (exact) mass is 185 g/mol. The summed E-state index contributed by atoms with van der Waals surface area (Å²) in [4.78, 5) is 13.4. The molecule has 0 bridgehead atoms. The number of pyridine rings is 1. The van der Waals surface area contributed by atoms with Gasteiger partial charge in [-0.2, -0.15) is 4.39 Å². The average Bonchev–Trinajstić information content (AvgIpc) is 2.04. The van der Waals surface area contributed by atoms with E-state index in [0.717, 1.165) is 12.3 Å². The van der Waals surface area contributed by atoms with Crippen LogP contribution in [-0.4, -0.2) is 33.2 Å². The maximum absolute atomic E-state index is 12.7. The number of carboxylic acid groups (broad SMARTS) is 1. The Labute approximate surface area is 72.6 Å². The first-order chi connectivity index (χ1) is 6.02. The van der Waals surface area contributed by atoms with E-state index in [1.54, 1.807) is 0 Å².